The summed E-state index contributed by atoms with van der Waals surface area (Å²) in [6, 6.07) is 18.7. The average Bonchev–Trinajstić information content (AvgIpc) is 2.65. The Morgan fingerprint density at radius 1 is 1.04 bits per heavy atom. The van der Waals surface area contributed by atoms with Crippen molar-refractivity contribution in [2.45, 2.75) is 12.0 Å². The summed E-state index contributed by atoms with van der Waals surface area (Å²) in [5.41, 5.74) is 0.558. The van der Waals surface area contributed by atoms with Crippen LogP contribution in [-0.2, 0) is 15.1 Å². The van der Waals surface area contributed by atoms with Crippen LogP contribution in [0.1, 0.15) is 22.3 Å². The number of carbonyl (C=O) groups excluding carboxylic acids is 2. The van der Waals surface area contributed by atoms with Crippen molar-refractivity contribution in [1.29, 1.82) is 0 Å². The molecule has 25 heavy (non-hydrogen) atoms. The fraction of sp³-hybridized carbons (Fsp3) is 0.238. The smallest absolute Gasteiger partial charge is 0.330 e. The molecule has 0 N–H and O–H groups in total. The number of ketones is 1. The van der Waals surface area contributed by atoms with Crippen LogP contribution in [0.4, 0.5) is 0 Å². The number of Topliss-reactive ketones (excluding diaryl/α,β-unsaturated/α-hetero) is 1. The van der Waals surface area contributed by atoms with Crippen LogP contribution >= 0.6 is 0 Å². The van der Waals surface area contributed by atoms with Gasteiger partial charge in [-0.15, -0.1) is 0 Å². The summed E-state index contributed by atoms with van der Waals surface area (Å²) in [5.74, 6) is -0.521. The third-order valence-corrected chi connectivity index (χ3v) is 4.30. The topological polar surface area (TPSA) is 46.6 Å². The van der Waals surface area contributed by atoms with Crippen LogP contribution in [-0.4, -0.2) is 37.4 Å². The maximum Gasteiger partial charge on any atom is 0.330 e. The second-order valence-electron chi connectivity index (χ2n) is 5.94. The molecular formula is C21H23NO3. The first-order chi connectivity index (χ1) is 12.0. The Bertz CT molecular complexity index is 725. The lowest BCUT2D eigenvalue weighted by Gasteiger charge is -2.39. The number of hydrogen-bond acceptors (Lipinski definition) is 4. The predicted octanol–water partition coefficient (Wildman–Crippen LogP) is 3.45. The molecule has 0 bridgehead atoms. The molecule has 0 fully saturated rings. The van der Waals surface area contributed by atoms with Gasteiger partial charge >= 0.3 is 5.97 Å². The number of carbonyl (C=O) groups is 2. The highest BCUT2D eigenvalue weighted by Crippen LogP contribution is 2.34. The van der Waals surface area contributed by atoms with Gasteiger partial charge in [0.1, 0.15) is 5.54 Å². The number of benzene rings is 2. The molecule has 0 aliphatic rings. The van der Waals surface area contributed by atoms with E-state index in [4.69, 9.17) is 4.74 Å². The minimum atomic E-state index is -0.927. The van der Waals surface area contributed by atoms with E-state index < -0.39 is 11.5 Å². The molecule has 0 aliphatic carbocycles. The first-order valence-corrected chi connectivity index (χ1v) is 8.14. The van der Waals surface area contributed by atoms with E-state index in [1.807, 2.05) is 67.5 Å². The molecule has 4 heteroatoms. The molecule has 0 aromatic heterocycles. The molecule has 130 valence electrons. The quantitative estimate of drug-likeness (QED) is 0.420. The van der Waals surface area contributed by atoms with Crippen molar-refractivity contribution < 1.29 is 14.3 Å². The fourth-order valence-electron chi connectivity index (χ4n) is 2.97. The highest BCUT2D eigenvalue weighted by atomic mass is 16.5. The van der Waals surface area contributed by atoms with Gasteiger partial charge in [-0.3, -0.25) is 9.69 Å². The summed E-state index contributed by atoms with van der Waals surface area (Å²) in [6.07, 6.45) is 1.47. The Balaban J connectivity index is 2.46. The second-order valence-corrected chi connectivity index (χ2v) is 5.94. The molecule has 0 amide bonds. The van der Waals surface area contributed by atoms with E-state index in [1.165, 1.54) is 0 Å². The van der Waals surface area contributed by atoms with Crippen LogP contribution < -0.4 is 0 Å². The first-order valence-electron chi connectivity index (χ1n) is 8.14. The van der Waals surface area contributed by atoms with E-state index >= 15 is 0 Å². The zero-order valence-electron chi connectivity index (χ0n) is 14.6. The van der Waals surface area contributed by atoms with Crippen molar-refractivity contribution in [3.63, 3.8) is 0 Å². The van der Waals surface area contributed by atoms with Gasteiger partial charge in [-0.05, 0) is 19.7 Å². The number of rotatable bonds is 8. The van der Waals surface area contributed by atoms with Crippen molar-refractivity contribution in [2.24, 2.45) is 0 Å². The monoisotopic (exact) mass is 337 g/mol. The molecule has 0 aliphatic heterocycles. The Kier molecular flexibility index (Phi) is 6.25. The number of esters is 1. The Morgan fingerprint density at radius 2 is 1.60 bits per heavy atom. The zero-order valence-corrected chi connectivity index (χ0v) is 14.6. The van der Waals surface area contributed by atoms with E-state index in [2.05, 4.69) is 6.58 Å². The van der Waals surface area contributed by atoms with Crippen LogP contribution in [0.2, 0.25) is 0 Å². The maximum absolute atomic E-state index is 13.5. The van der Waals surface area contributed by atoms with Crippen molar-refractivity contribution in [3.8, 4) is 0 Å². The summed E-state index contributed by atoms with van der Waals surface area (Å²) < 4.78 is 5.17. The Hall–Kier alpha value is -2.72. The predicted molar refractivity (Wildman–Crippen MR) is 98.4 cm³/mol. The van der Waals surface area contributed by atoms with E-state index in [0.717, 1.165) is 11.6 Å². The molecule has 1 unspecified atom stereocenters. The van der Waals surface area contributed by atoms with Gasteiger partial charge in [0.05, 0.1) is 6.61 Å². The van der Waals surface area contributed by atoms with Crippen LogP contribution in [0.25, 0.3) is 0 Å². The minimum Gasteiger partial charge on any atom is -0.462 e. The standard InChI is InChI=1S/C21H23NO3/c1-4-19(23)25-16-15-21(22(2)3,18-13-9-6-10-14-18)20(24)17-11-7-5-8-12-17/h4-14H,1,15-16H2,2-3H3. The summed E-state index contributed by atoms with van der Waals surface area (Å²) in [4.78, 5) is 26.7. The molecule has 2 aromatic carbocycles. The molecule has 0 saturated heterocycles. The summed E-state index contributed by atoms with van der Waals surface area (Å²) in [6.45, 7) is 3.52. The number of nitrogens with zero attached hydrogens (tertiary/aromatic N) is 1. The normalized spacial score (nSPS) is 13.1. The molecule has 0 saturated carbocycles. The lowest BCUT2D eigenvalue weighted by atomic mass is 9.79. The third-order valence-electron chi connectivity index (χ3n) is 4.30. The van der Waals surface area contributed by atoms with Crippen LogP contribution in [0, 0.1) is 0 Å². The van der Waals surface area contributed by atoms with E-state index in [9.17, 15) is 9.59 Å². The summed E-state index contributed by atoms with van der Waals surface area (Å²) in [7, 11) is 3.73. The number of ether oxygens (including phenoxy) is 1. The summed E-state index contributed by atoms with van der Waals surface area (Å²) in [5, 5.41) is 0. The summed E-state index contributed by atoms with van der Waals surface area (Å²) >= 11 is 0. The van der Waals surface area contributed by atoms with Gasteiger partial charge in [0.15, 0.2) is 5.78 Å². The fourth-order valence-corrected chi connectivity index (χ4v) is 2.97. The highest BCUT2D eigenvalue weighted by Gasteiger charge is 2.42. The molecule has 0 radical (unpaired) electrons. The van der Waals surface area contributed by atoms with Gasteiger partial charge in [0.2, 0.25) is 0 Å². The minimum absolute atomic E-state index is 0.0287. The first kappa shape index (κ1) is 18.6. The largest absolute Gasteiger partial charge is 0.462 e. The molecular weight excluding hydrogens is 314 g/mol. The molecule has 2 aromatic rings. The van der Waals surface area contributed by atoms with E-state index in [0.29, 0.717) is 12.0 Å². The lowest BCUT2D eigenvalue weighted by Crippen LogP contribution is -2.49. The van der Waals surface area contributed by atoms with Crippen LogP contribution in [0.15, 0.2) is 73.3 Å². The van der Waals surface area contributed by atoms with E-state index in [1.54, 1.807) is 12.1 Å². The van der Waals surface area contributed by atoms with Crippen LogP contribution in [0.5, 0.6) is 0 Å². The number of likely N-dealkylation sites (N-methyl/N-ethyl adjacent to an activating group) is 1. The molecule has 4 nitrogen and oxygen atoms in total. The molecule has 2 rings (SSSR count). The molecule has 0 heterocycles. The molecule has 1 atom stereocenters. The maximum atomic E-state index is 13.5. The van der Waals surface area contributed by atoms with Crippen LogP contribution in [0.3, 0.4) is 0 Å². The van der Waals surface area contributed by atoms with E-state index in [-0.39, 0.29) is 12.4 Å². The Labute approximate surface area is 148 Å². The second kappa shape index (κ2) is 8.40. The highest BCUT2D eigenvalue weighted by molar-refractivity contribution is 6.03. The van der Waals surface area contributed by atoms with Gasteiger partial charge in [-0.25, -0.2) is 4.79 Å². The van der Waals surface area contributed by atoms with Gasteiger partial charge in [-0.2, -0.15) is 0 Å². The third kappa shape index (κ3) is 4.03. The van der Waals surface area contributed by atoms with Crippen molar-refractivity contribution >= 4 is 11.8 Å². The van der Waals surface area contributed by atoms with Crippen molar-refractivity contribution in [2.75, 3.05) is 20.7 Å². The van der Waals surface area contributed by atoms with Gasteiger partial charge in [0.25, 0.3) is 0 Å². The van der Waals surface area contributed by atoms with Crippen molar-refractivity contribution in [1.82, 2.24) is 4.90 Å². The zero-order chi connectivity index (χ0) is 18.3. The van der Waals surface area contributed by atoms with Gasteiger partial charge in [0, 0.05) is 18.1 Å². The van der Waals surface area contributed by atoms with Gasteiger partial charge in [-0.1, -0.05) is 67.2 Å². The lowest BCUT2D eigenvalue weighted by molar-refractivity contribution is -0.138. The number of hydrogen-bond donors (Lipinski definition) is 0. The SMILES string of the molecule is C=CC(=O)OCCC(C(=O)c1ccccc1)(c1ccccc1)N(C)C. The van der Waals surface area contributed by atoms with Crippen molar-refractivity contribution in [3.05, 3.63) is 84.4 Å². The average molecular weight is 337 g/mol. The Morgan fingerprint density at radius 3 is 2.12 bits per heavy atom. The van der Waals surface area contributed by atoms with Gasteiger partial charge < -0.3 is 4.74 Å². The molecule has 0 spiro atoms.